The number of nitrogens with zero attached hydrogens (tertiary/aromatic N) is 2. The Balaban J connectivity index is 1.74. The molecule has 2 aromatic rings. The van der Waals surface area contributed by atoms with Crippen molar-refractivity contribution in [2.75, 3.05) is 23.7 Å². The average Bonchev–Trinajstić information content (AvgIpc) is 3.27. The van der Waals surface area contributed by atoms with Crippen LogP contribution in [0.3, 0.4) is 0 Å². The molecule has 0 radical (unpaired) electrons. The van der Waals surface area contributed by atoms with Crippen LogP contribution in [0.15, 0.2) is 29.2 Å². The summed E-state index contributed by atoms with van der Waals surface area (Å²) < 4.78 is 2.20. The van der Waals surface area contributed by atoms with Gasteiger partial charge >= 0.3 is 0 Å². The predicted molar refractivity (Wildman–Crippen MR) is 95.3 cm³/mol. The Morgan fingerprint density at radius 2 is 2.08 bits per heavy atom. The van der Waals surface area contributed by atoms with Crippen LogP contribution < -0.4 is 21.4 Å². The lowest BCUT2D eigenvalue weighted by Crippen LogP contribution is -2.35. The largest absolute Gasteiger partial charge is 0.397 e. The fourth-order valence-corrected chi connectivity index (χ4v) is 3.65. The lowest BCUT2D eigenvalue weighted by Gasteiger charge is -2.22. The van der Waals surface area contributed by atoms with Crippen LogP contribution in [0.4, 0.5) is 11.4 Å². The molecule has 1 unspecified atom stereocenters. The summed E-state index contributed by atoms with van der Waals surface area (Å²) >= 11 is 0. The maximum absolute atomic E-state index is 12.2. The van der Waals surface area contributed by atoms with Crippen LogP contribution >= 0.6 is 0 Å². The number of carbonyl (C=O) groups excluding carboxylic acids is 1. The van der Waals surface area contributed by atoms with Gasteiger partial charge in [-0.3, -0.25) is 9.59 Å². The van der Waals surface area contributed by atoms with Gasteiger partial charge in [-0.15, -0.1) is 0 Å². The Morgan fingerprint density at radius 3 is 2.79 bits per heavy atom. The maximum atomic E-state index is 12.2. The minimum atomic E-state index is -0.00379. The number of hydrogen-bond acceptors (Lipinski definition) is 4. The summed E-state index contributed by atoms with van der Waals surface area (Å²) in [5, 5.41) is 3.65. The van der Waals surface area contributed by atoms with Crippen LogP contribution in [0.5, 0.6) is 0 Å². The summed E-state index contributed by atoms with van der Waals surface area (Å²) in [6.45, 7) is 3.14. The fraction of sp³-hybridized carbons (Fsp3) is 0.444. The molecule has 0 bridgehead atoms. The molecule has 1 atom stereocenters. The van der Waals surface area contributed by atoms with E-state index in [2.05, 4.69) is 14.8 Å². The quantitative estimate of drug-likeness (QED) is 0.840. The van der Waals surface area contributed by atoms with Gasteiger partial charge in [0.1, 0.15) is 0 Å². The van der Waals surface area contributed by atoms with Crippen molar-refractivity contribution in [3.8, 4) is 0 Å². The lowest BCUT2D eigenvalue weighted by atomic mass is 10.1. The van der Waals surface area contributed by atoms with Gasteiger partial charge < -0.3 is 20.5 Å². The molecule has 1 saturated carbocycles. The topological polar surface area (TPSA) is 80.4 Å². The Hall–Kier alpha value is -2.50. The summed E-state index contributed by atoms with van der Waals surface area (Å²) in [4.78, 5) is 25.7. The van der Waals surface area contributed by atoms with Crippen LogP contribution in [0.1, 0.15) is 32.2 Å². The Morgan fingerprint density at radius 1 is 1.29 bits per heavy atom. The van der Waals surface area contributed by atoms with Gasteiger partial charge in [-0.05, 0) is 31.4 Å². The van der Waals surface area contributed by atoms with Crippen molar-refractivity contribution in [2.45, 2.75) is 38.3 Å². The number of benzene rings is 1. The monoisotopic (exact) mass is 326 g/mol. The summed E-state index contributed by atoms with van der Waals surface area (Å²) in [6.07, 6.45) is 5.12. The number of nitrogens with two attached hydrogens (primary N) is 1. The molecule has 1 aliphatic heterocycles. The summed E-state index contributed by atoms with van der Waals surface area (Å²) in [6, 6.07) is 6.12. The summed E-state index contributed by atoms with van der Waals surface area (Å²) in [5.74, 6) is -0.00379. The predicted octanol–water partition coefficient (Wildman–Crippen LogP) is 1.63. The molecule has 1 aromatic carbocycles. The Kier molecular flexibility index (Phi) is 3.48. The van der Waals surface area contributed by atoms with Gasteiger partial charge in [0, 0.05) is 49.7 Å². The van der Waals surface area contributed by atoms with Gasteiger partial charge in [0.05, 0.1) is 16.9 Å². The van der Waals surface area contributed by atoms with Crippen LogP contribution in [0, 0.1) is 0 Å². The van der Waals surface area contributed by atoms with Gasteiger partial charge in [-0.1, -0.05) is 0 Å². The van der Waals surface area contributed by atoms with E-state index in [-0.39, 0.29) is 17.4 Å². The third-order valence-electron chi connectivity index (χ3n) is 4.95. The van der Waals surface area contributed by atoms with Gasteiger partial charge in [0.25, 0.3) is 0 Å². The van der Waals surface area contributed by atoms with Gasteiger partial charge in [-0.2, -0.15) is 0 Å². The number of carbonyl (C=O) groups is 1. The zero-order valence-corrected chi connectivity index (χ0v) is 13.8. The number of nitrogen functional groups attached to an aromatic ring is 1. The van der Waals surface area contributed by atoms with Gasteiger partial charge in [0.2, 0.25) is 5.91 Å². The van der Waals surface area contributed by atoms with Crippen molar-refractivity contribution in [3.63, 3.8) is 0 Å². The molecule has 2 aliphatic rings. The summed E-state index contributed by atoms with van der Waals surface area (Å²) in [5.41, 5.74) is 8.79. The molecule has 1 saturated heterocycles. The van der Waals surface area contributed by atoms with E-state index in [0.29, 0.717) is 17.1 Å². The van der Waals surface area contributed by atoms with Crippen LogP contribution in [-0.2, 0) is 4.79 Å². The Labute approximate surface area is 140 Å². The first-order chi connectivity index (χ1) is 11.5. The molecule has 24 heavy (non-hydrogen) atoms. The molecule has 2 fully saturated rings. The van der Waals surface area contributed by atoms with Crippen molar-refractivity contribution in [2.24, 2.45) is 0 Å². The highest BCUT2D eigenvalue weighted by atomic mass is 16.1. The van der Waals surface area contributed by atoms with Crippen molar-refractivity contribution in [3.05, 3.63) is 34.6 Å². The van der Waals surface area contributed by atoms with E-state index < -0.39 is 0 Å². The first-order valence-electron chi connectivity index (χ1n) is 8.49. The molecule has 3 N–H and O–H groups in total. The smallest absolute Gasteiger partial charge is 0.217 e. The van der Waals surface area contributed by atoms with Crippen LogP contribution in [0.2, 0.25) is 0 Å². The maximum Gasteiger partial charge on any atom is 0.217 e. The van der Waals surface area contributed by atoms with Gasteiger partial charge in [0.15, 0.2) is 5.43 Å². The highest BCUT2D eigenvalue weighted by Gasteiger charge is 2.27. The van der Waals surface area contributed by atoms with Crippen molar-refractivity contribution in [1.29, 1.82) is 0 Å². The van der Waals surface area contributed by atoms with E-state index in [0.717, 1.165) is 43.6 Å². The number of amides is 1. The molecule has 2 heterocycles. The van der Waals surface area contributed by atoms with Crippen LogP contribution in [-0.4, -0.2) is 29.6 Å². The molecule has 6 heteroatoms. The minimum absolute atomic E-state index is 0.00379. The van der Waals surface area contributed by atoms with Gasteiger partial charge in [-0.25, -0.2) is 0 Å². The molecule has 6 nitrogen and oxygen atoms in total. The molecule has 126 valence electrons. The molecule has 0 spiro atoms. The number of fused-ring (bicyclic) bond motifs is 1. The van der Waals surface area contributed by atoms with Crippen molar-refractivity contribution in [1.82, 2.24) is 9.88 Å². The molecular formula is C18H22N4O2. The second-order valence-corrected chi connectivity index (χ2v) is 6.88. The standard InChI is InChI=1S/C18H22N4O2/c1-11(23)20-12-4-6-21(10-12)17-9-16-14(8-15(17)19)18(24)5-7-22(16)13-2-3-13/h5,7-9,12-13H,2-4,6,10,19H2,1H3,(H,20,23). The second kappa shape index (κ2) is 5.54. The minimum Gasteiger partial charge on any atom is -0.397 e. The van der Waals surface area contributed by atoms with E-state index in [1.54, 1.807) is 19.1 Å². The number of aromatic nitrogens is 1. The fourth-order valence-electron chi connectivity index (χ4n) is 3.65. The molecule has 1 aromatic heterocycles. The molecule has 4 rings (SSSR count). The highest BCUT2D eigenvalue weighted by Crippen LogP contribution is 2.38. The lowest BCUT2D eigenvalue weighted by molar-refractivity contribution is -0.119. The number of anilines is 2. The summed E-state index contributed by atoms with van der Waals surface area (Å²) in [7, 11) is 0. The normalized spacial score (nSPS) is 20.5. The second-order valence-electron chi connectivity index (χ2n) is 6.88. The Bertz CT molecular complexity index is 869. The molecular weight excluding hydrogens is 304 g/mol. The average molecular weight is 326 g/mol. The van der Waals surface area contributed by atoms with E-state index in [9.17, 15) is 9.59 Å². The number of nitrogens with one attached hydrogen (secondary N) is 1. The highest BCUT2D eigenvalue weighted by molar-refractivity contribution is 5.89. The SMILES string of the molecule is CC(=O)NC1CCN(c2cc3c(cc2N)c(=O)ccn3C2CC2)C1. The number of hydrogen-bond donors (Lipinski definition) is 2. The van der Waals surface area contributed by atoms with E-state index in [1.165, 1.54) is 0 Å². The zero-order valence-electron chi connectivity index (χ0n) is 13.8. The number of pyridine rings is 1. The first-order valence-corrected chi connectivity index (χ1v) is 8.49. The van der Waals surface area contributed by atoms with E-state index >= 15 is 0 Å². The van der Waals surface area contributed by atoms with Crippen LogP contribution in [0.25, 0.3) is 10.9 Å². The van der Waals surface area contributed by atoms with Crippen molar-refractivity contribution >= 4 is 28.2 Å². The number of rotatable bonds is 3. The first kappa shape index (κ1) is 15.1. The third kappa shape index (κ3) is 2.62. The molecule has 1 amide bonds. The zero-order chi connectivity index (χ0) is 16.8. The third-order valence-corrected chi connectivity index (χ3v) is 4.95. The van der Waals surface area contributed by atoms with Crippen molar-refractivity contribution < 1.29 is 4.79 Å². The molecule has 1 aliphatic carbocycles. The van der Waals surface area contributed by atoms with E-state index in [1.807, 2.05) is 12.3 Å². The van der Waals surface area contributed by atoms with E-state index in [4.69, 9.17) is 5.73 Å².